The van der Waals surface area contributed by atoms with E-state index in [0.29, 0.717) is 10.5 Å². The van der Waals surface area contributed by atoms with Crippen molar-refractivity contribution in [3.63, 3.8) is 0 Å². The van der Waals surface area contributed by atoms with Gasteiger partial charge in [0.1, 0.15) is 0 Å². The summed E-state index contributed by atoms with van der Waals surface area (Å²) in [6.07, 6.45) is 4.03. The largest absolute Gasteiger partial charge is 0.268 e. The van der Waals surface area contributed by atoms with Gasteiger partial charge in [-0.1, -0.05) is 47.4 Å². The number of thioether (sulfide) groups is 1. The first-order chi connectivity index (χ1) is 10.1. The first-order valence-corrected chi connectivity index (χ1v) is 13.4. The van der Waals surface area contributed by atoms with Gasteiger partial charge in [-0.15, -0.1) is 0 Å². The molecule has 0 aromatic rings. The molecule has 0 saturated carbocycles. The van der Waals surface area contributed by atoms with Crippen LogP contribution in [0.3, 0.4) is 0 Å². The maximum Gasteiger partial charge on any atom is 0.0167 e. The second-order valence-electron chi connectivity index (χ2n) is 4.07. The monoisotopic (exact) mass is 356 g/mol. The highest BCUT2D eigenvalue weighted by atomic mass is 32.2. The summed E-state index contributed by atoms with van der Waals surface area (Å²) in [7, 11) is -0.873. The Morgan fingerprint density at radius 2 is 1.10 bits per heavy atom. The molecule has 0 bridgehead atoms. The van der Waals surface area contributed by atoms with E-state index in [1.165, 1.54) is 35.9 Å². The Hall–Kier alpha value is 0.590. The number of hydrogen-bond acceptors (Lipinski definition) is 2. The van der Waals surface area contributed by atoms with E-state index < -0.39 is 9.52 Å². The minimum absolute atomic E-state index is 0.608. The van der Waals surface area contributed by atoms with Crippen LogP contribution in [0.1, 0.15) is 60.8 Å². The van der Waals surface area contributed by atoms with Gasteiger partial charge in [-0.05, 0) is 57.7 Å². The van der Waals surface area contributed by atoms with Crippen LogP contribution in [0.5, 0.6) is 0 Å². The molecule has 3 saturated heterocycles. The van der Waals surface area contributed by atoms with Gasteiger partial charge in [0, 0.05) is 11.5 Å². The summed E-state index contributed by atoms with van der Waals surface area (Å²) < 4.78 is 10.5. The van der Waals surface area contributed by atoms with Gasteiger partial charge in [0.05, 0.1) is 0 Å². The lowest BCUT2D eigenvalue weighted by molar-refractivity contribution is 0.668. The smallest absolute Gasteiger partial charge is 0.0167 e. The molecule has 4 heteroatoms. The molecule has 21 heavy (non-hydrogen) atoms. The van der Waals surface area contributed by atoms with Crippen LogP contribution in [0.25, 0.3) is 0 Å². The van der Waals surface area contributed by atoms with Gasteiger partial charge in [0.2, 0.25) is 0 Å². The van der Waals surface area contributed by atoms with Crippen molar-refractivity contribution in [1.82, 2.24) is 0 Å². The fourth-order valence-electron chi connectivity index (χ4n) is 0.959. The third-order valence-electron chi connectivity index (χ3n) is 2.48. The van der Waals surface area contributed by atoms with Crippen molar-refractivity contribution in [2.45, 2.75) is 60.8 Å². The molecule has 3 aliphatic rings. The molecular weight excluding hydrogens is 316 g/mol. The Morgan fingerprint density at radius 3 is 1.10 bits per heavy atom. The molecule has 3 rings (SSSR count). The van der Waals surface area contributed by atoms with E-state index in [9.17, 15) is 4.21 Å². The van der Waals surface area contributed by atoms with Gasteiger partial charge >= 0.3 is 0 Å². The van der Waals surface area contributed by atoms with Crippen LogP contribution in [0, 0.1) is 0 Å². The standard InChI is InChI=1S/C4H8OS.C4H8S.C3H6S.3C2H6/c1-6(5)3-2-4-6;1-5-3-2-4-5;1-2-4-3-1;3*1-2/h1-4H2;1-4H2;1-3H2;3*1-2H3. The summed E-state index contributed by atoms with van der Waals surface area (Å²) in [6, 6.07) is 0. The second-order valence-corrected chi connectivity index (χ2v) is 10.1. The van der Waals surface area contributed by atoms with Gasteiger partial charge in [-0.25, -0.2) is 0 Å². The first kappa shape index (κ1) is 26.5. The summed E-state index contributed by atoms with van der Waals surface area (Å²) in [5.41, 5.74) is 0. The van der Waals surface area contributed by atoms with E-state index in [4.69, 9.17) is 0 Å². The van der Waals surface area contributed by atoms with Crippen LogP contribution in [-0.2, 0) is 9.52 Å². The van der Waals surface area contributed by atoms with Crippen molar-refractivity contribution >= 4 is 43.5 Å². The van der Waals surface area contributed by atoms with E-state index >= 15 is 0 Å². The topological polar surface area (TPSA) is 17.1 Å². The van der Waals surface area contributed by atoms with Crippen molar-refractivity contribution in [1.29, 1.82) is 0 Å². The number of hydrogen-bond donors (Lipinski definition) is 0. The zero-order valence-electron chi connectivity index (χ0n) is 15.4. The zero-order chi connectivity index (χ0) is 17.1. The lowest BCUT2D eigenvalue weighted by Crippen LogP contribution is -2.22. The minimum atomic E-state index is -1.48. The average Bonchev–Trinajstić information content (AvgIpc) is 2.41. The normalized spacial score (nSPS) is 19.7. The third-order valence-corrected chi connectivity index (χ3v) is 7.43. The van der Waals surface area contributed by atoms with Gasteiger partial charge in [-0.2, -0.15) is 22.2 Å². The van der Waals surface area contributed by atoms with E-state index in [2.05, 4.69) is 11.7 Å². The second kappa shape index (κ2) is 20.6. The van der Waals surface area contributed by atoms with Crippen molar-refractivity contribution < 1.29 is 4.21 Å². The maximum atomic E-state index is 10.5. The van der Waals surface area contributed by atoms with Crippen LogP contribution in [0.15, 0.2) is 0 Å². The Balaban J connectivity index is -0.000000199. The summed E-state index contributed by atoms with van der Waals surface area (Å²) in [4.78, 5) is 0. The molecule has 0 atom stereocenters. The molecule has 0 radical (unpaired) electrons. The van der Waals surface area contributed by atoms with E-state index in [1.807, 2.05) is 53.3 Å². The van der Waals surface area contributed by atoms with Gasteiger partial charge in [-0.3, -0.25) is 4.21 Å². The molecule has 132 valence electrons. The molecular formula is C17H40OS3. The van der Waals surface area contributed by atoms with Crippen LogP contribution in [-0.4, -0.2) is 50.5 Å². The molecule has 0 unspecified atom stereocenters. The van der Waals surface area contributed by atoms with Crippen molar-refractivity contribution in [2.75, 3.05) is 34.5 Å². The Kier molecular flexibility index (Phi) is 26.0. The Labute approximate surface area is 143 Å². The highest BCUT2D eigenvalue weighted by Crippen LogP contribution is 2.22. The predicted octanol–water partition coefficient (Wildman–Crippen LogP) is 5.40. The molecule has 3 fully saturated rings. The van der Waals surface area contributed by atoms with Crippen molar-refractivity contribution in [3.8, 4) is 0 Å². The maximum absolute atomic E-state index is 10.5. The summed E-state index contributed by atoms with van der Waals surface area (Å²) in [5.74, 6) is 14.8. The highest BCUT2D eigenvalue weighted by Gasteiger charge is 2.12. The molecule has 1 nitrogen and oxygen atoms in total. The van der Waals surface area contributed by atoms with Crippen LogP contribution in [0.2, 0.25) is 0 Å². The predicted molar refractivity (Wildman–Crippen MR) is 115 cm³/mol. The molecule has 0 aliphatic carbocycles. The van der Waals surface area contributed by atoms with E-state index in [0.717, 1.165) is 17.9 Å². The van der Waals surface area contributed by atoms with Crippen LogP contribution in [0.4, 0.5) is 0 Å². The highest BCUT2D eigenvalue weighted by molar-refractivity contribution is 8.15. The van der Waals surface area contributed by atoms with E-state index in [-0.39, 0.29) is 0 Å². The molecule has 0 spiro atoms. The SMILES string of the molecule is C1CSC1.C=S1(=O)CCC1.C=S1CCC1.CC.CC.CC. The molecule has 0 aromatic carbocycles. The third kappa shape index (κ3) is 20.6. The number of rotatable bonds is 0. The fraction of sp³-hybridized carbons (Fsp3) is 0.882. The Morgan fingerprint density at radius 1 is 0.857 bits per heavy atom. The van der Waals surface area contributed by atoms with E-state index in [1.54, 1.807) is 0 Å². The minimum Gasteiger partial charge on any atom is -0.268 e. The molecule has 0 amide bonds. The fourth-order valence-corrected chi connectivity index (χ4v) is 2.88. The molecule has 3 heterocycles. The van der Waals surface area contributed by atoms with Gasteiger partial charge in [0.25, 0.3) is 0 Å². The van der Waals surface area contributed by atoms with Crippen molar-refractivity contribution in [2.24, 2.45) is 0 Å². The molecule has 3 aliphatic heterocycles. The summed E-state index contributed by atoms with van der Waals surface area (Å²) in [5, 5.41) is 0. The Bertz CT molecular complexity index is 271. The van der Waals surface area contributed by atoms with Crippen LogP contribution >= 0.6 is 22.2 Å². The van der Waals surface area contributed by atoms with Gasteiger partial charge in [0.15, 0.2) is 0 Å². The molecule has 0 aromatic heterocycles. The quantitative estimate of drug-likeness (QED) is 0.541. The van der Waals surface area contributed by atoms with Gasteiger partial charge < -0.3 is 0 Å². The summed E-state index contributed by atoms with van der Waals surface area (Å²) in [6.45, 7) is 12.0. The van der Waals surface area contributed by atoms with Crippen molar-refractivity contribution in [3.05, 3.63) is 0 Å². The molecule has 0 N–H and O–H groups in total. The lowest BCUT2D eigenvalue weighted by atomic mass is 10.5. The average molecular weight is 357 g/mol. The first-order valence-electron chi connectivity index (χ1n) is 8.48. The zero-order valence-corrected chi connectivity index (χ0v) is 17.9. The lowest BCUT2D eigenvalue weighted by Gasteiger charge is -2.16. The summed E-state index contributed by atoms with van der Waals surface area (Å²) >= 11 is 2.04. The van der Waals surface area contributed by atoms with Crippen LogP contribution < -0.4 is 0 Å².